The third-order valence-electron chi connectivity index (χ3n) is 3.60. The minimum Gasteiger partial charge on any atom is -0.411 e. The molecule has 0 bridgehead atoms. The Labute approximate surface area is 155 Å². The SMILES string of the molecule is CC(C)[C@@H](Sc1nnc(-c2cccnc2)o1)C(=O)NCc1cccnc1. The molecule has 1 atom stereocenters. The lowest BCUT2D eigenvalue weighted by Gasteiger charge is -2.17. The Hall–Kier alpha value is -2.74. The van der Waals surface area contributed by atoms with Crippen LogP contribution in [0.3, 0.4) is 0 Å². The molecule has 0 saturated heterocycles. The number of carbonyl (C=O) groups is 1. The van der Waals surface area contributed by atoms with Crippen molar-refractivity contribution < 1.29 is 9.21 Å². The number of rotatable bonds is 7. The van der Waals surface area contributed by atoms with Gasteiger partial charge in [-0.3, -0.25) is 14.8 Å². The summed E-state index contributed by atoms with van der Waals surface area (Å²) in [5.74, 6) is 0.413. The minimum atomic E-state index is -0.339. The summed E-state index contributed by atoms with van der Waals surface area (Å²) in [6, 6.07) is 7.40. The number of amides is 1. The Morgan fingerprint density at radius 1 is 1.15 bits per heavy atom. The molecule has 134 valence electrons. The van der Waals surface area contributed by atoms with Crippen LogP contribution in [0.15, 0.2) is 58.7 Å². The number of carbonyl (C=O) groups excluding carboxylic acids is 1. The van der Waals surface area contributed by atoms with E-state index in [1.54, 1.807) is 30.9 Å². The maximum absolute atomic E-state index is 12.6. The molecular weight excluding hydrogens is 350 g/mol. The van der Waals surface area contributed by atoms with E-state index in [0.29, 0.717) is 17.7 Å². The van der Waals surface area contributed by atoms with Gasteiger partial charge in [-0.15, -0.1) is 10.2 Å². The fourth-order valence-electron chi connectivity index (χ4n) is 2.26. The zero-order valence-corrected chi connectivity index (χ0v) is 15.3. The van der Waals surface area contributed by atoms with E-state index in [4.69, 9.17) is 4.42 Å². The van der Waals surface area contributed by atoms with Crippen LogP contribution >= 0.6 is 11.8 Å². The zero-order chi connectivity index (χ0) is 18.4. The topological polar surface area (TPSA) is 93.8 Å². The van der Waals surface area contributed by atoms with Gasteiger partial charge in [-0.05, 0) is 29.7 Å². The van der Waals surface area contributed by atoms with Gasteiger partial charge in [0.1, 0.15) is 0 Å². The minimum absolute atomic E-state index is 0.0741. The van der Waals surface area contributed by atoms with Crippen LogP contribution in [0.2, 0.25) is 0 Å². The van der Waals surface area contributed by atoms with Gasteiger partial charge in [-0.2, -0.15) is 0 Å². The number of aromatic nitrogens is 4. The molecule has 3 aromatic heterocycles. The summed E-state index contributed by atoms with van der Waals surface area (Å²) in [6.07, 6.45) is 6.77. The van der Waals surface area contributed by atoms with Crippen molar-refractivity contribution in [2.75, 3.05) is 0 Å². The average Bonchev–Trinajstić information content (AvgIpc) is 3.14. The molecule has 3 heterocycles. The molecule has 0 saturated carbocycles. The Balaban J connectivity index is 1.65. The van der Waals surface area contributed by atoms with E-state index in [1.165, 1.54) is 11.8 Å². The van der Waals surface area contributed by atoms with E-state index in [0.717, 1.165) is 11.1 Å². The van der Waals surface area contributed by atoms with E-state index < -0.39 is 0 Å². The lowest BCUT2D eigenvalue weighted by Crippen LogP contribution is -2.35. The molecule has 0 aliphatic heterocycles. The third-order valence-corrected chi connectivity index (χ3v) is 4.98. The summed E-state index contributed by atoms with van der Waals surface area (Å²) in [5, 5.41) is 11.0. The number of thioether (sulfide) groups is 1. The van der Waals surface area contributed by atoms with Crippen LogP contribution in [0.5, 0.6) is 0 Å². The first-order chi connectivity index (χ1) is 12.6. The molecule has 0 aromatic carbocycles. The number of nitrogens with zero attached hydrogens (tertiary/aromatic N) is 4. The maximum atomic E-state index is 12.6. The lowest BCUT2D eigenvalue weighted by atomic mass is 10.1. The summed E-state index contributed by atoms with van der Waals surface area (Å²) in [7, 11) is 0. The molecule has 0 radical (unpaired) electrons. The summed E-state index contributed by atoms with van der Waals surface area (Å²) in [6.45, 7) is 4.40. The molecule has 0 fully saturated rings. The van der Waals surface area contributed by atoms with Gasteiger partial charge in [-0.25, -0.2) is 0 Å². The van der Waals surface area contributed by atoms with Crippen molar-refractivity contribution in [3.8, 4) is 11.5 Å². The monoisotopic (exact) mass is 369 g/mol. The standard InChI is InChI=1S/C18H19N5O2S/c1-12(2)15(16(24)21-10-13-5-3-7-19-9-13)26-18-23-22-17(25-18)14-6-4-8-20-11-14/h3-9,11-12,15H,10H2,1-2H3,(H,21,24)/t15-/m1/s1. The van der Waals surface area contributed by atoms with E-state index in [-0.39, 0.29) is 17.1 Å². The Morgan fingerprint density at radius 2 is 1.92 bits per heavy atom. The van der Waals surface area contributed by atoms with Gasteiger partial charge in [0.05, 0.1) is 10.8 Å². The number of hydrogen-bond donors (Lipinski definition) is 1. The molecule has 1 amide bonds. The second-order valence-corrected chi connectivity index (χ2v) is 7.07. The molecule has 0 unspecified atom stereocenters. The highest BCUT2D eigenvalue weighted by Crippen LogP contribution is 2.29. The average molecular weight is 369 g/mol. The zero-order valence-electron chi connectivity index (χ0n) is 14.5. The van der Waals surface area contributed by atoms with Crippen LogP contribution in [0, 0.1) is 5.92 Å². The van der Waals surface area contributed by atoms with E-state index >= 15 is 0 Å². The molecule has 7 nitrogen and oxygen atoms in total. The molecule has 0 spiro atoms. The van der Waals surface area contributed by atoms with Crippen molar-refractivity contribution in [2.45, 2.75) is 30.9 Å². The first-order valence-electron chi connectivity index (χ1n) is 8.20. The van der Waals surface area contributed by atoms with Crippen LogP contribution in [0.25, 0.3) is 11.5 Å². The van der Waals surface area contributed by atoms with Gasteiger partial charge in [-0.1, -0.05) is 31.7 Å². The fraction of sp³-hybridized carbons (Fsp3) is 0.278. The van der Waals surface area contributed by atoms with Crippen molar-refractivity contribution in [1.29, 1.82) is 0 Å². The molecular formula is C18H19N5O2S. The Morgan fingerprint density at radius 3 is 2.58 bits per heavy atom. The summed E-state index contributed by atoms with van der Waals surface area (Å²) in [5.41, 5.74) is 1.69. The van der Waals surface area contributed by atoms with Crippen molar-refractivity contribution in [3.63, 3.8) is 0 Å². The molecule has 0 aliphatic carbocycles. The first kappa shape index (κ1) is 18.1. The summed E-state index contributed by atoms with van der Waals surface area (Å²) in [4.78, 5) is 20.7. The van der Waals surface area contributed by atoms with Crippen LogP contribution in [-0.2, 0) is 11.3 Å². The Bertz CT molecular complexity index is 839. The smallest absolute Gasteiger partial charge is 0.277 e. The van der Waals surface area contributed by atoms with Gasteiger partial charge in [0.2, 0.25) is 11.8 Å². The maximum Gasteiger partial charge on any atom is 0.277 e. The summed E-state index contributed by atoms with van der Waals surface area (Å²) < 4.78 is 5.67. The van der Waals surface area contributed by atoms with Crippen LogP contribution in [0.1, 0.15) is 19.4 Å². The van der Waals surface area contributed by atoms with Crippen molar-refractivity contribution in [3.05, 3.63) is 54.6 Å². The third kappa shape index (κ3) is 4.66. The molecule has 1 N–H and O–H groups in total. The molecule has 26 heavy (non-hydrogen) atoms. The Kier molecular flexibility index (Phi) is 5.96. The predicted octanol–water partition coefficient (Wildman–Crippen LogP) is 2.96. The number of hydrogen-bond acceptors (Lipinski definition) is 7. The van der Waals surface area contributed by atoms with E-state index in [2.05, 4.69) is 25.5 Å². The molecule has 0 aliphatic rings. The van der Waals surface area contributed by atoms with Crippen molar-refractivity contribution in [1.82, 2.24) is 25.5 Å². The largest absolute Gasteiger partial charge is 0.411 e. The van der Waals surface area contributed by atoms with Crippen LogP contribution in [-0.4, -0.2) is 31.3 Å². The van der Waals surface area contributed by atoms with Crippen LogP contribution in [0.4, 0.5) is 0 Å². The lowest BCUT2D eigenvalue weighted by molar-refractivity contribution is -0.121. The molecule has 3 rings (SSSR count). The molecule has 8 heteroatoms. The van der Waals surface area contributed by atoms with Gasteiger partial charge in [0, 0.05) is 31.3 Å². The number of pyridine rings is 2. The highest BCUT2D eigenvalue weighted by molar-refractivity contribution is 8.00. The summed E-state index contributed by atoms with van der Waals surface area (Å²) >= 11 is 1.27. The highest BCUT2D eigenvalue weighted by atomic mass is 32.2. The quantitative estimate of drug-likeness (QED) is 0.640. The van der Waals surface area contributed by atoms with Crippen LogP contribution < -0.4 is 5.32 Å². The fourth-order valence-corrected chi connectivity index (χ4v) is 3.15. The van der Waals surface area contributed by atoms with E-state index in [9.17, 15) is 4.79 Å². The van der Waals surface area contributed by atoms with Gasteiger partial charge >= 0.3 is 0 Å². The van der Waals surface area contributed by atoms with Gasteiger partial charge < -0.3 is 9.73 Å². The normalized spacial score (nSPS) is 12.1. The second-order valence-electron chi connectivity index (χ2n) is 5.98. The second kappa shape index (κ2) is 8.57. The predicted molar refractivity (Wildman–Crippen MR) is 98.1 cm³/mol. The van der Waals surface area contributed by atoms with Crippen molar-refractivity contribution >= 4 is 17.7 Å². The van der Waals surface area contributed by atoms with Crippen molar-refractivity contribution in [2.24, 2.45) is 5.92 Å². The first-order valence-corrected chi connectivity index (χ1v) is 9.08. The van der Waals surface area contributed by atoms with Gasteiger partial charge in [0.25, 0.3) is 5.22 Å². The van der Waals surface area contributed by atoms with Gasteiger partial charge in [0.15, 0.2) is 0 Å². The number of nitrogens with one attached hydrogen (secondary N) is 1. The van der Waals surface area contributed by atoms with E-state index in [1.807, 2.05) is 32.0 Å². The highest BCUT2D eigenvalue weighted by Gasteiger charge is 2.26. The molecule has 3 aromatic rings.